The van der Waals surface area contributed by atoms with Crippen molar-refractivity contribution in [1.82, 2.24) is 9.80 Å². The number of halogens is 3. The molecule has 132 valence electrons. The largest absolute Gasteiger partial charge is 0.392 e. The zero-order valence-electron chi connectivity index (χ0n) is 13.7. The minimum absolute atomic E-state index is 0.00469. The summed E-state index contributed by atoms with van der Waals surface area (Å²) in [5.41, 5.74) is 0. The normalized spacial score (nSPS) is 29.7. The second-order valence-electron chi connectivity index (χ2n) is 7.36. The molecule has 1 aliphatic heterocycles. The quantitative estimate of drug-likeness (QED) is 0.770. The van der Waals surface area contributed by atoms with Crippen LogP contribution in [0.2, 0.25) is 0 Å². The summed E-state index contributed by atoms with van der Waals surface area (Å²) in [5.74, 6) is -2.44. The summed E-state index contributed by atoms with van der Waals surface area (Å²) in [4.78, 5) is 16.7. The molecule has 0 bridgehead atoms. The number of alkyl halides is 3. The highest BCUT2D eigenvalue weighted by atomic mass is 19.4. The fraction of sp³-hybridized carbons (Fsp3) is 0.941. The maximum atomic E-state index is 12.8. The molecule has 0 aromatic rings. The van der Waals surface area contributed by atoms with Crippen LogP contribution < -0.4 is 0 Å². The lowest BCUT2D eigenvalue weighted by Crippen LogP contribution is -2.48. The summed E-state index contributed by atoms with van der Waals surface area (Å²) in [6, 6.07) is 0.184. The highest BCUT2D eigenvalue weighted by Gasteiger charge is 2.60. The Morgan fingerprint density at radius 2 is 1.70 bits per heavy atom. The van der Waals surface area contributed by atoms with Crippen molar-refractivity contribution in [1.29, 1.82) is 0 Å². The molecule has 3 rings (SSSR count). The van der Waals surface area contributed by atoms with Crippen molar-refractivity contribution in [2.24, 2.45) is 11.8 Å². The van der Waals surface area contributed by atoms with Crippen molar-refractivity contribution >= 4 is 5.91 Å². The van der Waals surface area contributed by atoms with E-state index in [1.54, 1.807) is 4.90 Å². The molecule has 3 aliphatic rings. The Morgan fingerprint density at radius 3 is 2.17 bits per heavy atom. The van der Waals surface area contributed by atoms with Crippen molar-refractivity contribution in [3.63, 3.8) is 0 Å². The SMILES string of the molecule is O=C([C@@H]1C[C@H]1C(F)(F)F)N(CCN1CCCCCC1)C1CCC1. The van der Waals surface area contributed by atoms with Crippen molar-refractivity contribution < 1.29 is 18.0 Å². The van der Waals surface area contributed by atoms with Crippen molar-refractivity contribution in [3.8, 4) is 0 Å². The van der Waals surface area contributed by atoms with E-state index in [4.69, 9.17) is 0 Å². The van der Waals surface area contributed by atoms with Crippen LogP contribution in [0.5, 0.6) is 0 Å². The Balaban J connectivity index is 1.54. The summed E-state index contributed by atoms with van der Waals surface area (Å²) >= 11 is 0. The zero-order chi connectivity index (χ0) is 16.4. The Hall–Kier alpha value is -0.780. The van der Waals surface area contributed by atoms with E-state index in [1.165, 1.54) is 25.7 Å². The van der Waals surface area contributed by atoms with Gasteiger partial charge in [0.2, 0.25) is 5.91 Å². The molecule has 0 unspecified atom stereocenters. The van der Waals surface area contributed by atoms with Gasteiger partial charge in [0.25, 0.3) is 0 Å². The van der Waals surface area contributed by atoms with Crippen molar-refractivity contribution in [3.05, 3.63) is 0 Å². The molecule has 3 nitrogen and oxygen atoms in total. The smallest absolute Gasteiger partial charge is 0.338 e. The van der Waals surface area contributed by atoms with Crippen LogP contribution in [0, 0.1) is 11.8 Å². The van der Waals surface area contributed by atoms with Crippen LogP contribution in [0.1, 0.15) is 51.4 Å². The van der Waals surface area contributed by atoms with Gasteiger partial charge in [0.05, 0.1) is 11.8 Å². The van der Waals surface area contributed by atoms with E-state index in [0.717, 1.165) is 38.9 Å². The standard InChI is InChI=1S/C17H27F3N2O/c18-17(19,20)15-12-14(15)16(23)22(13-6-5-7-13)11-10-21-8-3-1-2-4-9-21/h13-15H,1-12H2/t14-,15-/m1/s1. The molecular formula is C17H27F3N2O. The third-order valence-electron chi connectivity index (χ3n) is 5.68. The molecule has 0 radical (unpaired) electrons. The van der Waals surface area contributed by atoms with Gasteiger partial charge in [-0.05, 0) is 51.6 Å². The van der Waals surface area contributed by atoms with Gasteiger partial charge in [0.1, 0.15) is 0 Å². The van der Waals surface area contributed by atoms with E-state index >= 15 is 0 Å². The summed E-state index contributed by atoms with van der Waals surface area (Å²) in [5, 5.41) is 0. The van der Waals surface area contributed by atoms with E-state index in [9.17, 15) is 18.0 Å². The van der Waals surface area contributed by atoms with E-state index in [2.05, 4.69) is 4.90 Å². The monoisotopic (exact) mass is 332 g/mol. The fourth-order valence-corrected chi connectivity index (χ4v) is 3.82. The first-order valence-electron chi connectivity index (χ1n) is 9.06. The highest BCUT2D eigenvalue weighted by molar-refractivity contribution is 5.82. The Bertz CT molecular complexity index is 415. The summed E-state index contributed by atoms with van der Waals surface area (Å²) in [7, 11) is 0. The second kappa shape index (κ2) is 6.99. The number of amides is 1. The maximum Gasteiger partial charge on any atom is 0.392 e. The summed E-state index contributed by atoms with van der Waals surface area (Å²) < 4.78 is 38.3. The van der Waals surface area contributed by atoms with Gasteiger partial charge in [-0.15, -0.1) is 0 Å². The van der Waals surface area contributed by atoms with Crippen molar-refractivity contribution in [2.45, 2.75) is 63.6 Å². The first-order chi connectivity index (χ1) is 11.0. The minimum atomic E-state index is -4.21. The lowest BCUT2D eigenvalue weighted by molar-refractivity contribution is -0.159. The van der Waals surface area contributed by atoms with Gasteiger partial charge in [-0.1, -0.05) is 12.8 Å². The van der Waals surface area contributed by atoms with E-state index < -0.39 is 18.0 Å². The summed E-state index contributed by atoms with van der Waals surface area (Å²) in [6.07, 6.45) is 3.68. The van der Waals surface area contributed by atoms with Crippen LogP contribution in [0.15, 0.2) is 0 Å². The average Bonchev–Trinajstić information content (AvgIpc) is 3.23. The second-order valence-corrected chi connectivity index (χ2v) is 7.36. The molecule has 2 saturated carbocycles. The first kappa shape index (κ1) is 17.1. The molecule has 1 amide bonds. The predicted octanol–water partition coefficient (Wildman–Crippen LogP) is 3.44. The molecule has 0 N–H and O–H groups in total. The fourth-order valence-electron chi connectivity index (χ4n) is 3.82. The van der Waals surface area contributed by atoms with Gasteiger partial charge in [-0.25, -0.2) is 0 Å². The number of nitrogens with zero attached hydrogens (tertiary/aromatic N) is 2. The van der Waals surface area contributed by atoms with Crippen LogP contribution in [-0.4, -0.2) is 54.1 Å². The number of hydrogen-bond donors (Lipinski definition) is 0. The van der Waals surface area contributed by atoms with E-state index in [1.807, 2.05) is 0 Å². The van der Waals surface area contributed by atoms with Crippen LogP contribution in [0.3, 0.4) is 0 Å². The molecule has 0 aromatic heterocycles. The number of likely N-dealkylation sites (tertiary alicyclic amines) is 1. The van der Waals surface area contributed by atoms with Gasteiger partial charge in [0.15, 0.2) is 0 Å². The lowest BCUT2D eigenvalue weighted by atomic mass is 9.91. The number of carbonyl (C=O) groups excluding carboxylic acids is 1. The van der Waals surface area contributed by atoms with E-state index in [0.29, 0.717) is 6.54 Å². The van der Waals surface area contributed by atoms with Gasteiger partial charge in [-0.2, -0.15) is 13.2 Å². The Labute approximate surface area is 136 Å². The molecule has 1 heterocycles. The van der Waals surface area contributed by atoms with Gasteiger partial charge in [0, 0.05) is 19.1 Å². The number of rotatable bonds is 5. The Kier molecular flexibility index (Phi) is 5.19. The van der Waals surface area contributed by atoms with E-state index in [-0.39, 0.29) is 18.4 Å². The van der Waals surface area contributed by atoms with Gasteiger partial charge >= 0.3 is 6.18 Å². The Morgan fingerprint density at radius 1 is 1.04 bits per heavy atom. The van der Waals surface area contributed by atoms with Gasteiger partial charge in [-0.3, -0.25) is 4.79 Å². The first-order valence-corrected chi connectivity index (χ1v) is 9.06. The van der Waals surface area contributed by atoms with Gasteiger partial charge < -0.3 is 9.80 Å². The predicted molar refractivity (Wildman–Crippen MR) is 81.9 cm³/mol. The average molecular weight is 332 g/mol. The molecule has 23 heavy (non-hydrogen) atoms. The molecule has 6 heteroatoms. The van der Waals surface area contributed by atoms with Crippen LogP contribution in [-0.2, 0) is 4.79 Å². The summed E-state index contributed by atoms with van der Waals surface area (Å²) in [6.45, 7) is 3.53. The van der Waals surface area contributed by atoms with Crippen LogP contribution >= 0.6 is 0 Å². The van der Waals surface area contributed by atoms with Crippen LogP contribution in [0.4, 0.5) is 13.2 Å². The molecule has 0 aromatic carbocycles. The molecule has 2 aliphatic carbocycles. The third kappa shape index (κ3) is 4.20. The highest BCUT2D eigenvalue weighted by Crippen LogP contribution is 2.51. The lowest BCUT2D eigenvalue weighted by Gasteiger charge is -2.39. The number of carbonyl (C=O) groups is 1. The maximum absolute atomic E-state index is 12.8. The molecule has 1 saturated heterocycles. The molecular weight excluding hydrogens is 305 g/mol. The number of hydrogen-bond acceptors (Lipinski definition) is 2. The topological polar surface area (TPSA) is 23.6 Å². The molecule has 0 spiro atoms. The van der Waals surface area contributed by atoms with Crippen LogP contribution in [0.25, 0.3) is 0 Å². The molecule has 3 fully saturated rings. The van der Waals surface area contributed by atoms with Crippen molar-refractivity contribution in [2.75, 3.05) is 26.2 Å². The third-order valence-corrected chi connectivity index (χ3v) is 5.68. The minimum Gasteiger partial charge on any atom is -0.338 e. The zero-order valence-corrected chi connectivity index (χ0v) is 13.7. The molecule has 2 atom stereocenters.